The minimum atomic E-state index is -0.390. The summed E-state index contributed by atoms with van der Waals surface area (Å²) in [5.41, 5.74) is 0.979. The van der Waals surface area contributed by atoms with Gasteiger partial charge in [0.05, 0.1) is 0 Å². The Labute approximate surface area is 89.8 Å². The maximum atomic E-state index is 10.6. The van der Waals surface area contributed by atoms with Gasteiger partial charge in [-0.05, 0) is 5.56 Å². The number of halogens is 1. The Kier molecular flexibility index (Phi) is 8.98. The van der Waals surface area contributed by atoms with E-state index < -0.39 is 0 Å². The van der Waals surface area contributed by atoms with Gasteiger partial charge in [-0.3, -0.25) is 0 Å². The van der Waals surface area contributed by atoms with Crippen LogP contribution in [0.5, 0.6) is 0 Å². The van der Waals surface area contributed by atoms with Crippen molar-refractivity contribution in [1.29, 1.82) is 0 Å². The first-order valence-electron chi connectivity index (χ1n) is 3.66. The molecule has 0 atom stereocenters. The van der Waals surface area contributed by atoms with E-state index >= 15 is 0 Å². The van der Waals surface area contributed by atoms with Crippen molar-refractivity contribution >= 4 is 18.4 Å². The molecule has 0 aliphatic rings. The minimum Gasteiger partial charge on any atom is -0.458 e. The monoisotopic (exact) mass is 215 g/mol. The normalized spacial score (nSPS) is 7.71. The van der Waals surface area contributed by atoms with E-state index in [9.17, 15) is 4.79 Å². The van der Waals surface area contributed by atoms with Gasteiger partial charge in [-0.15, -0.1) is 12.4 Å². The maximum absolute atomic E-state index is 10.6. The van der Waals surface area contributed by atoms with Crippen LogP contribution in [0.15, 0.2) is 43.0 Å². The van der Waals surface area contributed by atoms with E-state index in [1.165, 1.54) is 0 Å². The molecule has 14 heavy (non-hydrogen) atoms. The molecule has 0 aliphatic carbocycles. The molecular formula is C10H14ClNO2. The number of hydrogen-bond acceptors (Lipinski definition) is 3. The van der Waals surface area contributed by atoms with Gasteiger partial charge in [-0.2, -0.15) is 0 Å². The SMILES string of the molecule is C=CC(=O)OCc1ccccc1.Cl.N. The zero-order valence-corrected chi connectivity index (χ0v) is 8.63. The topological polar surface area (TPSA) is 61.3 Å². The van der Waals surface area contributed by atoms with E-state index in [2.05, 4.69) is 6.58 Å². The standard InChI is InChI=1S/C10H10O2.ClH.H3N/c1-2-10(11)12-8-9-6-4-3-5-7-9;;/h2-7H,1,8H2;1H;1H3. The molecule has 0 unspecified atom stereocenters. The van der Waals surface area contributed by atoms with Gasteiger partial charge >= 0.3 is 5.97 Å². The number of carbonyl (C=O) groups excluding carboxylic acids is 1. The summed E-state index contributed by atoms with van der Waals surface area (Å²) in [6.07, 6.45) is 1.16. The molecule has 1 aromatic rings. The Morgan fingerprint density at radius 2 is 1.93 bits per heavy atom. The molecule has 0 radical (unpaired) electrons. The van der Waals surface area contributed by atoms with Gasteiger partial charge in [0.25, 0.3) is 0 Å². The first-order valence-corrected chi connectivity index (χ1v) is 3.66. The first kappa shape index (κ1) is 15.2. The lowest BCUT2D eigenvalue weighted by molar-refractivity contribution is -0.138. The van der Waals surface area contributed by atoms with E-state index in [0.717, 1.165) is 11.6 Å². The third-order valence-electron chi connectivity index (χ3n) is 1.39. The molecular weight excluding hydrogens is 202 g/mol. The molecule has 0 aromatic heterocycles. The molecule has 0 saturated heterocycles. The molecule has 3 N–H and O–H groups in total. The van der Waals surface area contributed by atoms with E-state index in [-0.39, 0.29) is 24.5 Å². The lowest BCUT2D eigenvalue weighted by Crippen LogP contribution is -1.99. The van der Waals surface area contributed by atoms with Crippen LogP contribution in [0, 0.1) is 0 Å². The van der Waals surface area contributed by atoms with Crippen molar-refractivity contribution < 1.29 is 9.53 Å². The second-order valence-electron chi connectivity index (χ2n) is 2.30. The molecule has 0 aliphatic heterocycles. The molecule has 0 fully saturated rings. The number of benzene rings is 1. The maximum Gasteiger partial charge on any atom is 0.330 e. The minimum absolute atomic E-state index is 0. The van der Waals surface area contributed by atoms with Crippen LogP contribution >= 0.6 is 12.4 Å². The first-order chi connectivity index (χ1) is 5.83. The Bertz CT molecular complexity index is 275. The highest BCUT2D eigenvalue weighted by atomic mass is 35.5. The van der Waals surface area contributed by atoms with Crippen LogP contribution in [-0.2, 0) is 16.1 Å². The highest BCUT2D eigenvalue weighted by Crippen LogP contribution is 2.00. The number of ether oxygens (including phenoxy) is 1. The largest absolute Gasteiger partial charge is 0.458 e. The second kappa shape index (κ2) is 8.29. The van der Waals surface area contributed by atoms with Crippen molar-refractivity contribution in [2.75, 3.05) is 0 Å². The third-order valence-corrected chi connectivity index (χ3v) is 1.39. The summed E-state index contributed by atoms with van der Waals surface area (Å²) < 4.78 is 4.82. The van der Waals surface area contributed by atoms with E-state index in [0.29, 0.717) is 6.61 Å². The molecule has 0 heterocycles. The summed E-state index contributed by atoms with van der Waals surface area (Å²) in [6.45, 7) is 3.61. The highest BCUT2D eigenvalue weighted by molar-refractivity contribution is 5.85. The van der Waals surface area contributed by atoms with Gasteiger partial charge in [-0.25, -0.2) is 4.79 Å². The molecule has 0 spiro atoms. The molecule has 0 saturated carbocycles. The Balaban J connectivity index is 0. The van der Waals surface area contributed by atoms with Gasteiger partial charge in [-0.1, -0.05) is 36.9 Å². The van der Waals surface area contributed by atoms with Gasteiger partial charge in [0.15, 0.2) is 0 Å². The average molecular weight is 216 g/mol. The number of esters is 1. The van der Waals surface area contributed by atoms with Gasteiger partial charge in [0, 0.05) is 6.08 Å². The summed E-state index contributed by atoms with van der Waals surface area (Å²) in [5, 5.41) is 0. The second-order valence-corrected chi connectivity index (χ2v) is 2.30. The highest BCUT2D eigenvalue weighted by Gasteiger charge is 1.95. The van der Waals surface area contributed by atoms with Gasteiger partial charge < -0.3 is 10.9 Å². The predicted octanol–water partition coefficient (Wildman–Crippen LogP) is 2.50. The fraction of sp³-hybridized carbons (Fsp3) is 0.100. The molecule has 3 nitrogen and oxygen atoms in total. The fourth-order valence-corrected chi connectivity index (χ4v) is 0.788. The quantitative estimate of drug-likeness (QED) is 0.623. The van der Waals surface area contributed by atoms with Crippen molar-refractivity contribution in [3.05, 3.63) is 48.6 Å². The molecule has 1 rings (SSSR count). The van der Waals surface area contributed by atoms with Crippen molar-refractivity contribution in [1.82, 2.24) is 6.15 Å². The van der Waals surface area contributed by atoms with E-state index in [1.54, 1.807) is 0 Å². The zero-order chi connectivity index (χ0) is 8.81. The van der Waals surface area contributed by atoms with Crippen LogP contribution in [0.3, 0.4) is 0 Å². The third kappa shape index (κ3) is 5.35. The average Bonchev–Trinajstić information content (AvgIpc) is 2.16. The molecule has 0 bridgehead atoms. The van der Waals surface area contributed by atoms with Crippen molar-refractivity contribution in [3.63, 3.8) is 0 Å². The zero-order valence-electron chi connectivity index (χ0n) is 7.81. The number of rotatable bonds is 3. The molecule has 4 heteroatoms. The summed E-state index contributed by atoms with van der Waals surface area (Å²) in [7, 11) is 0. The summed E-state index contributed by atoms with van der Waals surface area (Å²) in [4.78, 5) is 10.6. The van der Waals surface area contributed by atoms with Crippen molar-refractivity contribution in [2.45, 2.75) is 6.61 Å². The smallest absolute Gasteiger partial charge is 0.330 e. The molecule has 1 aromatic carbocycles. The van der Waals surface area contributed by atoms with E-state index in [4.69, 9.17) is 4.74 Å². The predicted molar refractivity (Wildman–Crippen MR) is 58.7 cm³/mol. The summed E-state index contributed by atoms with van der Waals surface area (Å²) in [5.74, 6) is -0.390. The van der Waals surface area contributed by atoms with Crippen LogP contribution in [0.1, 0.15) is 5.56 Å². The summed E-state index contributed by atoms with van der Waals surface area (Å²) in [6, 6.07) is 9.51. The van der Waals surface area contributed by atoms with Crippen LogP contribution < -0.4 is 6.15 Å². The number of hydrogen-bond donors (Lipinski definition) is 1. The van der Waals surface area contributed by atoms with Crippen LogP contribution in [0.25, 0.3) is 0 Å². The van der Waals surface area contributed by atoms with Crippen LogP contribution in [0.4, 0.5) is 0 Å². The van der Waals surface area contributed by atoms with Gasteiger partial charge in [0.1, 0.15) is 6.61 Å². The van der Waals surface area contributed by atoms with Crippen LogP contribution in [0.2, 0.25) is 0 Å². The summed E-state index contributed by atoms with van der Waals surface area (Å²) >= 11 is 0. The van der Waals surface area contributed by atoms with Crippen LogP contribution in [-0.4, -0.2) is 5.97 Å². The Morgan fingerprint density at radius 3 is 2.43 bits per heavy atom. The van der Waals surface area contributed by atoms with E-state index in [1.807, 2.05) is 30.3 Å². The molecule has 0 amide bonds. The lowest BCUT2D eigenvalue weighted by atomic mass is 10.2. The molecule has 78 valence electrons. The lowest BCUT2D eigenvalue weighted by Gasteiger charge is -2.00. The number of carbonyl (C=O) groups is 1. The fourth-order valence-electron chi connectivity index (χ4n) is 0.788. The Morgan fingerprint density at radius 1 is 1.36 bits per heavy atom. The Hall–Kier alpha value is -1.32. The van der Waals surface area contributed by atoms with Gasteiger partial charge in [0.2, 0.25) is 0 Å². The van der Waals surface area contributed by atoms with Crippen molar-refractivity contribution in [2.24, 2.45) is 0 Å². The van der Waals surface area contributed by atoms with Crippen molar-refractivity contribution in [3.8, 4) is 0 Å².